The third-order valence-electron chi connectivity index (χ3n) is 3.34. The van der Waals surface area contributed by atoms with Crippen molar-refractivity contribution in [2.75, 3.05) is 18.3 Å². The molecule has 110 valence electrons. The van der Waals surface area contributed by atoms with Crippen molar-refractivity contribution in [3.63, 3.8) is 0 Å². The van der Waals surface area contributed by atoms with E-state index in [0.29, 0.717) is 5.82 Å². The Hall–Kier alpha value is -0.838. The number of nitrogens with zero attached hydrogens (tertiary/aromatic N) is 2. The summed E-state index contributed by atoms with van der Waals surface area (Å²) in [6, 6.07) is 3.93. The molecule has 2 heterocycles. The van der Waals surface area contributed by atoms with E-state index >= 15 is 0 Å². The van der Waals surface area contributed by atoms with Gasteiger partial charge in [-0.1, -0.05) is 12.8 Å². The molecule has 8 heteroatoms. The quantitative estimate of drug-likeness (QED) is 0.468. The summed E-state index contributed by atoms with van der Waals surface area (Å²) in [5.41, 5.74) is 1.16. The van der Waals surface area contributed by atoms with E-state index in [-0.39, 0.29) is 30.3 Å². The Bertz CT molecular complexity index is 429. The van der Waals surface area contributed by atoms with Gasteiger partial charge in [0.15, 0.2) is 0 Å². The molecule has 1 aromatic rings. The van der Waals surface area contributed by atoms with Crippen LogP contribution in [0.15, 0.2) is 18.3 Å². The zero-order valence-corrected chi connectivity index (χ0v) is 12.6. The van der Waals surface area contributed by atoms with Gasteiger partial charge in [0.1, 0.15) is 5.82 Å². The van der Waals surface area contributed by atoms with Crippen LogP contribution in [0.5, 0.6) is 0 Å². The van der Waals surface area contributed by atoms with Crippen molar-refractivity contribution in [3.8, 4) is 0 Å². The Morgan fingerprint density at radius 2 is 2.19 bits per heavy atom. The van der Waals surface area contributed by atoms with Gasteiger partial charge < -0.3 is 20.5 Å². The van der Waals surface area contributed by atoms with Crippen LogP contribution in [0.25, 0.3) is 0 Å². The summed E-state index contributed by atoms with van der Waals surface area (Å²) >= 11 is 0. The fourth-order valence-corrected chi connectivity index (χ4v) is 2.33. The van der Waals surface area contributed by atoms with E-state index in [1.54, 1.807) is 13.0 Å². The minimum atomic E-state index is -0.610. The molecule has 0 atom stereocenters. The molecule has 0 saturated carbocycles. The second kappa shape index (κ2) is 9.98. The SMILES string of the molecule is CB(O)Nc1cc(CN2CCC([C-]=O)CC2)ccn1.[Li+].[OH-]. The van der Waals surface area contributed by atoms with Gasteiger partial charge in [0.2, 0.25) is 0 Å². The van der Waals surface area contributed by atoms with E-state index in [1.165, 1.54) is 0 Å². The van der Waals surface area contributed by atoms with Gasteiger partial charge in [0.25, 0.3) is 0 Å². The monoisotopic (exact) mass is 284 g/mol. The number of pyridine rings is 1. The van der Waals surface area contributed by atoms with Crippen molar-refractivity contribution >= 4 is 19.2 Å². The van der Waals surface area contributed by atoms with E-state index in [4.69, 9.17) is 0 Å². The van der Waals surface area contributed by atoms with Crippen LogP contribution in [0, 0.1) is 5.92 Å². The van der Waals surface area contributed by atoms with Gasteiger partial charge in [0, 0.05) is 12.7 Å². The number of hydrogen-bond acceptors (Lipinski definition) is 6. The number of anilines is 1. The molecule has 1 fully saturated rings. The van der Waals surface area contributed by atoms with Crippen LogP contribution in [-0.2, 0) is 11.3 Å². The van der Waals surface area contributed by atoms with Gasteiger partial charge in [-0.05, 0) is 37.6 Å². The largest absolute Gasteiger partial charge is 1.00 e. The van der Waals surface area contributed by atoms with Crippen LogP contribution in [0.2, 0.25) is 6.82 Å². The number of rotatable bonds is 5. The Balaban J connectivity index is 0.00000200. The maximum absolute atomic E-state index is 10.6. The zero-order valence-electron chi connectivity index (χ0n) is 12.6. The molecule has 0 radical (unpaired) electrons. The van der Waals surface area contributed by atoms with Gasteiger partial charge in [-0.25, -0.2) is 4.98 Å². The molecule has 2 rings (SSSR count). The van der Waals surface area contributed by atoms with Crippen LogP contribution < -0.4 is 24.1 Å². The standard InChI is InChI=1S/C13H19BN3O2.Li.H2O/c1-14(19)16-13-8-12(2-5-15-13)9-17-6-3-11(10-18)4-7-17;;/h2,5,8,11,19H,3-4,6-7,9H2,1H3,(H,15,16);;1H2/q-1;+1;/p-1. The normalized spacial score (nSPS) is 15.5. The predicted molar refractivity (Wildman–Crippen MR) is 77.3 cm³/mol. The van der Waals surface area contributed by atoms with Crippen LogP contribution >= 0.6 is 0 Å². The zero-order chi connectivity index (χ0) is 13.7. The van der Waals surface area contributed by atoms with E-state index in [1.807, 2.05) is 12.1 Å². The van der Waals surface area contributed by atoms with Crippen LogP contribution in [0.4, 0.5) is 5.82 Å². The maximum atomic E-state index is 10.6. The summed E-state index contributed by atoms with van der Waals surface area (Å²) in [5, 5.41) is 12.1. The molecule has 0 aliphatic carbocycles. The molecule has 0 bridgehead atoms. The Kier molecular flexibility index (Phi) is 9.59. The summed E-state index contributed by atoms with van der Waals surface area (Å²) < 4.78 is 0. The number of aromatic nitrogens is 1. The van der Waals surface area contributed by atoms with E-state index in [2.05, 4.69) is 21.4 Å². The predicted octanol–water partition coefficient (Wildman–Crippen LogP) is -2.25. The molecule has 0 aromatic carbocycles. The Morgan fingerprint density at radius 3 is 2.76 bits per heavy atom. The molecule has 0 amide bonds. The third kappa shape index (κ3) is 6.64. The molecule has 1 saturated heterocycles. The molecule has 1 aliphatic heterocycles. The van der Waals surface area contributed by atoms with Gasteiger partial charge in [-0.3, -0.25) is 11.2 Å². The molecule has 0 unspecified atom stereocenters. The number of carbonyl (C=O) groups excluding carboxylic acids is 1. The first kappa shape index (κ1) is 20.2. The number of hydrogen-bond donors (Lipinski definition) is 2. The van der Waals surface area contributed by atoms with Gasteiger partial charge in [-0.2, -0.15) is 0 Å². The van der Waals surface area contributed by atoms with Crippen molar-refractivity contribution in [1.29, 1.82) is 0 Å². The molecule has 1 aliphatic rings. The smallest absolute Gasteiger partial charge is 0.870 e. The molecule has 3 N–H and O–H groups in total. The first-order valence-electron chi connectivity index (χ1n) is 6.67. The molecule has 1 aromatic heterocycles. The topological polar surface area (TPSA) is 95.5 Å². The molecule has 0 spiro atoms. The maximum Gasteiger partial charge on any atom is 1.00 e. The fourth-order valence-electron chi connectivity index (χ4n) is 2.33. The Morgan fingerprint density at radius 1 is 1.52 bits per heavy atom. The van der Waals surface area contributed by atoms with Gasteiger partial charge in [0.05, 0.1) is 0 Å². The summed E-state index contributed by atoms with van der Waals surface area (Å²) in [6.45, 7) is 4.38. The van der Waals surface area contributed by atoms with Gasteiger partial charge >= 0.3 is 25.9 Å². The minimum Gasteiger partial charge on any atom is -0.870 e. The summed E-state index contributed by atoms with van der Waals surface area (Å²) in [4.78, 5) is 17.1. The summed E-state index contributed by atoms with van der Waals surface area (Å²) in [7, 11) is -0.610. The molecular weight excluding hydrogens is 264 g/mol. The van der Waals surface area contributed by atoms with Crippen molar-refractivity contribution in [2.45, 2.75) is 26.2 Å². The second-order valence-electron chi connectivity index (χ2n) is 5.04. The van der Waals surface area contributed by atoms with Crippen LogP contribution in [0.3, 0.4) is 0 Å². The number of piperidine rings is 1. The van der Waals surface area contributed by atoms with Crippen molar-refractivity contribution in [1.82, 2.24) is 9.88 Å². The van der Waals surface area contributed by atoms with Crippen molar-refractivity contribution < 1.29 is 34.2 Å². The second-order valence-corrected chi connectivity index (χ2v) is 5.04. The minimum absolute atomic E-state index is 0. The molecular formula is C13H20BLiN3O3-. The average molecular weight is 284 g/mol. The van der Waals surface area contributed by atoms with E-state index in [9.17, 15) is 9.82 Å². The van der Waals surface area contributed by atoms with Crippen molar-refractivity contribution in [2.24, 2.45) is 5.92 Å². The van der Waals surface area contributed by atoms with Crippen molar-refractivity contribution in [3.05, 3.63) is 23.9 Å². The first-order valence-corrected chi connectivity index (χ1v) is 6.67. The van der Waals surface area contributed by atoms with E-state index < -0.39 is 7.05 Å². The van der Waals surface area contributed by atoms with Gasteiger partial charge in [-0.15, -0.1) is 5.92 Å². The first-order chi connectivity index (χ1) is 9.17. The van der Waals surface area contributed by atoms with Crippen LogP contribution in [0.1, 0.15) is 18.4 Å². The molecule has 6 nitrogen and oxygen atoms in total. The van der Waals surface area contributed by atoms with E-state index in [0.717, 1.165) is 38.0 Å². The average Bonchev–Trinajstić information content (AvgIpc) is 2.39. The third-order valence-corrected chi connectivity index (χ3v) is 3.34. The van der Waals surface area contributed by atoms with Crippen LogP contribution in [-0.4, -0.2) is 46.8 Å². The summed E-state index contributed by atoms with van der Waals surface area (Å²) in [6.07, 6.45) is 5.63. The molecule has 21 heavy (non-hydrogen) atoms. The Labute approximate surface area is 137 Å². The fraction of sp³-hybridized carbons (Fsp3) is 0.538. The number of nitrogens with one attached hydrogen (secondary N) is 1. The summed E-state index contributed by atoms with van der Waals surface area (Å²) in [5.74, 6) is 0.796. The number of likely N-dealkylation sites (tertiary alicyclic amines) is 1.